The van der Waals surface area contributed by atoms with E-state index in [-0.39, 0.29) is 17.0 Å². The zero-order valence-corrected chi connectivity index (χ0v) is 17.5. The molecule has 0 spiro atoms. The number of nitrogens with one attached hydrogen (secondary N) is 1. The van der Waals surface area contributed by atoms with E-state index in [4.69, 9.17) is 4.74 Å². The van der Waals surface area contributed by atoms with Gasteiger partial charge in [0.25, 0.3) is 5.91 Å². The standard InChI is InChI=1S/C25H17F3N2O4/c26-16-11-9-15(10-12-16)21-13-18(17-5-1-2-6-19(17)29-21)24(32)33-14-23(31)30-20-7-3-4-8-22(20)34-25(27)28/h1-13,25H,14H2,(H,30,31). The fourth-order valence-corrected chi connectivity index (χ4v) is 3.28. The van der Waals surface area contributed by atoms with Crippen LogP contribution in [0.3, 0.4) is 0 Å². The summed E-state index contributed by atoms with van der Waals surface area (Å²) < 4.78 is 48.0. The lowest BCUT2D eigenvalue weighted by Gasteiger charge is -2.12. The van der Waals surface area contributed by atoms with Gasteiger partial charge in [-0.25, -0.2) is 14.2 Å². The molecule has 6 nitrogen and oxygen atoms in total. The molecule has 0 radical (unpaired) electrons. The predicted octanol–water partition coefficient (Wildman–Crippen LogP) is 5.44. The molecule has 0 atom stereocenters. The summed E-state index contributed by atoms with van der Waals surface area (Å²) in [5, 5.41) is 2.89. The highest BCUT2D eigenvalue weighted by molar-refractivity contribution is 6.05. The maximum atomic E-state index is 13.3. The number of pyridine rings is 1. The lowest BCUT2D eigenvalue weighted by atomic mass is 10.0. The molecular weight excluding hydrogens is 449 g/mol. The molecule has 172 valence electrons. The van der Waals surface area contributed by atoms with Gasteiger partial charge in [0.1, 0.15) is 11.6 Å². The first-order valence-corrected chi connectivity index (χ1v) is 10.1. The smallest absolute Gasteiger partial charge is 0.387 e. The molecule has 3 aromatic carbocycles. The average molecular weight is 466 g/mol. The number of esters is 1. The maximum absolute atomic E-state index is 13.3. The second kappa shape index (κ2) is 10.0. The molecule has 0 aliphatic rings. The van der Waals surface area contributed by atoms with E-state index in [0.29, 0.717) is 22.2 Å². The summed E-state index contributed by atoms with van der Waals surface area (Å²) in [7, 11) is 0. The van der Waals surface area contributed by atoms with Crippen LogP contribution in [0.5, 0.6) is 5.75 Å². The van der Waals surface area contributed by atoms with Crippen molar-refractivity contribution in [3.63, 3.8) is 0 Å². The number of benzene rings is 3. The normalized spacial score (nSPS) is 10.8. The Morgan fingerprint density at radius 2 is 1.65 bits per heavy atom. The Hall–Kier alpha value is -4.40. The van der Waals surface area contributed by atoms with Gasteiger partial charge in [-0.15, -0.1) is 0 Å². The van der Waals surface area contributed by atoms with E-state index in [1.807, 2.05) is 0 Å². The van der Waals surface area contributed by atoms with Gasteiger partial charge in [0.2, 0.25) is 0 Å². The summed E-state index contributed by atoms with van der Waals surface area (Å²) in [6.45, 7) is -3.73. The third-order valence-corrected chi connectivity index (χ3v) is 4.79. The van der Waals surface area contributed by atoms with Crippen LogP contribution in [-0.4, -0.2) is 30.1 Å². The van der Waals surface area contributed by atoms with Gasteiger partial charge >= 0.3 is 12.6 Å². The fraction of sp³-hybridized carbons (Fsp3) is 0.0800. The van der Waals surface area contributed by atoms with E-state index in [2.05, 4.69) is 15.0 Å². The molecular formula is C25H17F3N2O4. The summed E-state index contributed by atoms with van der Waals surface area (Å²) in [6.07, 6.45) is 0. The van der Waals surface area contributed by atoms with E-state index in [0.717, 1.165) is 0 Å². The molecule has 1 heterocycles. The molecule has 34 heavy (non-hydrogen) atoms. The maximum Gasteiger partial charge on any atom is 0.387 e. The fourth-order valence-electron chi connectivity index (χ4n) is 3.28. The highest BCUT2D eigenvalue weighted by Gasteiger charge is 2.18. The number of alkyl halides is 2. The van der Waals surface area contributed by atoms with Crippen molar-refractivity contribution >= 4 is 28.5 Å². The van der Waals surface area contributed by atoms with Crippen LogP contribution in [0.25, 0.3) is 22.2 Å². The number of rotatable bonds is 7. The molecule has 0 unspecified atom stereocenters. The lowest BCUT2D eigenvalue weighted by molar-refractivity contribution is -0.119. The van der Waals surface area contributed by atoms with Crippen molar-refractivity contribution in [2.45, 2.75) is 6.61 Å². The van der Waals surface area contributed by atoms with Crippen LogP contribution in [-0.2, 0) is 9.53 Å². The number of aromatic nitrogens is 1. The van der Waals surface area contributed by atoms with Crippen LogP contribution < -0.4 is 10.1 Å². The van der Waals surface area contributed by atoms with Crippen molar-refractivity contribution in [2.24, 2.45) is 0 Å². The number of carbonyl (C=O) groups is 2. The van der Waals surface area contributed by atoms with Crippen LogP contribution in [0.15, 0.2) is 78.9 Å². The van der Waals surface area contributed by atoms with Gasteiger partial charge in [0, 0.05) is 10.9 Å². The second-order valence-electron chi connectivity index (χ2n) is 7.08. The Kier molecular flexibility index (Phi) is 6.72. The quantitative estimate of drug-likeness (QED) is 0.367. The number of para-hydroxylation sites is 3. The number of anilines is 1. The number of hydrogen-bond acceptors (Lipinski definition) is 5. The lowest BCUT2D eigenvalue weighted by Crippen LogP contribution is -2.21. The minimum Gasteiger partial charge on any atom is -0.452 e. The zero-order chi connectivity index (χ0) is 24.1. The number of halogens is 3. The average Bonchev–Trinajstić information content (AvgIpc) is 2.83. The van der Waals surface area contributed by atoms with E-state index >= 15 is 0 Å². The summed E-state index contributed by atoms with van der Waals surface area (Å²) in [4.78, 5) is 29.7. The number of amides is 1. The summed E-state index contributed by atoms with van der Waals surface area (Å²) in [5.74, 6) is -2.15. The minimum absolute atomic E-state index is 0.0109. The molecule has 4 aromatic rings. The van der Waals surface area contributed by atoms with Gasteiger partial charge in [-0.2, -0.15) is 8.78 Å². The van der Waals surface area contributed by atoms with Gasteiger partial charge in [-0.1, -0.05) is 30.3 Å². The van der Waals surface area contributed by atoms with Crippen LogP contribution >= 0.6 is 0 Å². The molecule has 0 saturated carbocycles. The molecule has 1 aromatic heterocycles. The Labute approximate surface area is 192 Å². The summed E-state index contributed by atoms with van der Waals surface area (Å²) >= 11 is 0. The van der Waals surface area contributed by atoms with Gasteiger partial charge in [-0.05, 0) is 48.5 Å². The Morgan fingerprint density at radius 3 is 2.41 bits per heavy atom. The second-order valence-corrected chi connectivity index (χ2v) is 7.08. The summed E-state index contributed by atoms with van der Waals surface area (Å²) in [6, 6.07) is 19.7. The Morgan fingerprint density at radius 1 is 0.941 bits per heavy atom. The van der Waals surface area contributed by atoms with Crippen LogP contribution in [0.4, 0.5) is 18.9 Å². The van der Waals surface area contributed by atoms with Gasteiger partial charge in [-0.3, -0.25) is 4.79 Å². The zero-order valence-electron chi connectivity index (χ0n) is 17.5. The number of nitrogens with zero attached hydrogens (tertiary/aromatic N) is 1. The van der Waals surface area contributed by atoms with Crippen molar-refractivity contribution in [1.82, 2.24) is 4.98 Å². The third kappa shape index (κ3) is 5.32. The summed E-state index contributed by atoms with van der Waals surface area (Å²) in [5.41, 5.74) is 1.71. The monoisotopic (exact) mass is 466 g/mol. The van der Waals surface area contributed by atoms with Crippen LogP contribution in [0, 0.1) is 5.82 Å². The molecule has 0 aliphatic carbocycles. The Balaban J connectivity index is 1.53. The van der Waals surface area contributed by atoms with Gasteiger partial charge in [0.15, 0.2) is 6.61 Å². The molecule has 0 bridgehead atoms. The van der Waals surface area contributed by atoms with Crippen LogP contribution in [0.1, 0.15) is 10.4 Å². The van der Waals surface area contributed by atoms with Crippen molar-refractivity contribution in [2.75, 3.05) is 11.9 Å². The van der Waals surface area contributed by atoms with Gasteiger partial charge < -0.3 is 14.8 Å². The number of fused-ring (bicyclic) bond motifs is 1. The minimum atomic E-state index is -3.06. The van der Waals surface area contributed by atoms with Crippen molar-refractivity contribution in [1.29, 1.82) is 0 Å². The molecule has 1 amide bonds. The number of hydrogen-bond donors (Lipinski definition) is 1. The predicted molar refractivity (Wildman–Crippen MR) is 119 cm³/mol. The molecule has 9 heteroatoms. The molecule has 1 N–H and O–H groups in total. The SMILES string of the molecule is O=C(COC(=O)c1cc(-c2ccc(F)cc2)nc2ccccc12)Nc1ccccc1OC(F)F. The van der Waals surface area contributed by atoms with Gasteiger partial charge in [0.05, 0.1) is 22.5 Å². The van der Waals surface area contributed by atoms with Crippen molar-refractivity contribution in [3.05, 3.63) is 90.2 Å². The first-order chi connectivity index (χ1) is 16.4. The number of carbonyl (C=O) groups excluding carboxylic acids is 2. The topological polar surface area (TPSA) is 77.5 Å². The van der Waals surface area contributed by atoms with Crippen LogP contribution in [0.2, 0.25) is 0 Å². The molecule has 0 fully saturated rings. The van der Waals surface area contributed by atoms with Crippen molar-refractivity contribution in [3.8, 4) is 17.0 Å². The van der Waals surface area contributed by atoms with E-state index < -0.39 is 30.9 Å². The third-order valence-electron chi connectivity index (χ3n) is 4.79. The molecule has 0 saturated heterocycles. The first kappa shape index (κ1) is 22.8. The molecule has 4 rings (SSSR count). The van der Waals surface area contributed by atoms with Crippen molar-refractivity contribution < 1.29 is 32.2 Å². The highest BCUT2D eigenvalue weighted by atomic mass is 19.3. The Bertz CT molecular complexity index is 1340. The van der Waals surface area contributed by atoms with E-state index in [1.54, 1.807) is 24.3 Å². The highest BCUT2D eigenvalue weighted by Crippen LogP contribution is 2.27. The molecule has 0 aliphatic heterocycles. The van der Waals surface area contributed by atoms with E-state index in [9.17, 15) is 22.8 Å². The number of ether oxygens (including phenoxy) is 2. The first-order valence-electron chi connectivity index (χ1n) is 10.1. The van der Waals surface area contributed by atoms with E-state index in [1.165, 1.54) is 54.6 Å². The largest absolute Gasteiger partial charge is 0.452 e.